The molecule has 0 spiro atoms. The van der Waals surface area contributed by atoms with Gasteiger partial charge in [0.2, 0.25) is 23.7 Å². The topological polar surface area (TPSA) is 130 Å². The number of halogens is 2. The van der Waals surface area contributed by atoms with Crippen molar-refractivity contribution in [3.8, 4) is 22.9 Å². The Hall–Kier alpha value is -4.87. The fourth-order valence-corrected chi connectivity index (χ4v) is 5.89. The Balaban J connectivity index is 1.26. The summed E-state index contributed by atoms with van der Waals surface area (Å²) in [4.78, 5) is 39.2. The molecule has 2 aromatic carbocycles. The Labute approximate surface area is 252 Å². The van der Waals surface area contributed by atoms with E-state index in [0.717, 1.165) is 23.8 Å². The van der Waals surface area contributed by atoms with E-state index in [1.54, 1.807) is 36.7 Å². The van der Waals surface area contributed by atoms with Crippen molar-refractivity contribution >= 4 is 34.4 Å². The number of hydrogen-bond donors (Lipinski definition) is 3. The minimum atomic E-state index is -2.81. The summed E-state index contributed by atoms with van der Waals surface area (Å²) in [5.41, 5.74) is 2.54. The number of alkyl halides is 2. The number of aryl methyl sites for hydroxylation is 1. The minimum Gasteiger partial charge on any atom is -0.465 e. The second-order valence-electron chi connectivity index (χ2n) is 11.3. The number of likely N-dealkylation sites (tertiary alicyclic amines) is 1. The molecule has 0 bridgehead atoms. The van der Waals surface area contributed by atoms with E-state index in [4.69, 9.17) is 4.74 Å². The maximum absolute atomic E-state index is 13.7. The maximum Gasteiger partial charge on any atom is 0.407 e. The third kappa shape index (κ3) is 6.24. The number of nitrogens with zero attached hydrogens (tertiary/aromatic N) is 4. The lowest BCUT2D eigenvalue weighted by Crippen LogP contribution is -2.44. The van der Waals surface area contributed by atoms with E-state index in [2.05, 4.69) is 25.6 Å². The molecule has 1 saturated carbocycles. The van der Waals surface area contributed by atoms with E-state index >= 15 is 0 Å². The molecule has 1 aliphatic carbocycles. The van der Waals surface area contributed by atoms with Gasteiger partial charge in [-0.05, 0) is 56.0 Å². The molecule has 2 aromatic heterocycles. The fraction of sp³-hybridized carbons (Fsp3) is 0.344. The summed E-state index contributed by atoms with van der Waals surface area (Å²) in [5, 5.41) is 16.9. The third-order valence-electron chi connectivity index (χ3n) is 8.17. The Morgan fingerprint density at radius 2 is 1.91 bits per heavy atom. The van der Waals surface area contributed by atoms with Gasteiger partial charge in [-0.25, -0.2) is 28.5 Å². The number of fused-ring (bicyclic) bond motifs is 1. The van der Waals surface area contributed by atoms with Crippen LogP contribution in [0.15, 0.2) is 60.9 Å². The summed E-state index contributed by atoms with van der Waals surface area (Å²) in [7, 11) is 0. The Kier molecular flexibility index (Phi) is 7.98. The number of anilines is 2. The number of hydrogen-bond acceptors (Lipinski definition) is 7. The number of piperidine rings is 1. The number of carbonyl (C=O) groups excluding carboxylic acids is 1. The molecule has 1 unspecified atom stereocenters. The fourth-order valence-electron chi connectivity index (χ4n) is 5.89. The quantitative estimate of drug-likeness (QED) is 0.213. The van der Waals surface area contributed by atoms with Crippen molar-refractivity contribution < 1.29 is 28.2 Å². The van der Waals surface area contributed by atoms with E-state index in [1.807, 2.05) is 31.2 Å². The van der Waals surface area contributed by atoms with Crippen molar-refractivity contribution in [3.63, 3.8) is 0 Å². The van der Waals surface area contributed by atoms with Gasteiger partial charge in [0.1, 0.15) is 5.75 Å². The highest BCUT2D eigenvalue weighted by atomic mass is 19.3. The van der Waals surface area contributed by atoms with Crippen molar-refractivity contribution in [2.75, 3.05) is 23.7 Å². The molecular formula is C32H32F2N6O4. The number of carboxylic acid groups (broad SMARTS) is 1. The first-order valence-corrected chi connectivity index (χ1v) is 14.6. The number of benzene rings is 2. The summed E-state index contributed by atoms with van der Waals surface area (Å²) >= 11 is 0. The minimum absolute atomic E-state index is 0.113. The van der Waals surface area contributed by atoms with Crippen LogP contribution in [0.1, 0.15) is 37.7 Å². The van der Waals surface area contributed by atoms with Crippen LogP contribution in [0.5, 0.6) is 11.6 Å². The van der Waals surface area contributed by atoms with E-state index in [-0.39, 0.29) is 18.9 Å². The number of nitrogens with one attached hydrogen (secondary N) is 2. The standard InChI is InChI=1S/C32H32F2N6O4/c1-19-9-10-22-23(6-2-8-25(22)38-28(41)20-11-13-32(33,34)17-20)27(19)44-29-24(7-3-14-35-29)26-12-15-36-30(39-26)37-21-5-4-16-40(18-21)31(42)43/h2-3,6-10,12,14-15,20-21H,4-5,11,13,16-18H2,1H3,(H,38,41)(H,42,43)(H,36,37,39)/t20-,21?/m0/s1. The monoisotopic (exact) mass is 602 g/mol. The molecule has 1 saturated heterocycles. The van der Waals surface area contributed by atoms with Crippen LogP contribution in [0.25, 0.3) is 22.0 Å². The van der Waals surface area contributed by atoms with Crippen LogP contribution in [-0.2, 0) is 4.79 Å². The van der Waals surface area contributed by atoms with Crippen LogP contribution in [0.4, 0.5) is 25.2 Å². The SMILES string of the molecule is Cc1ccc2c(NC(=O)[C@H]3CCC(F)(F)C3)cccc2c1Oc1ncccc1-c1ccnc(NC2CCCN(C(=O)O)C2)n1. The van der Waals surface area contributed by atoms with Crippen LogP contribution < -0.4 is 15.4 Å². The summed E-state index contributed by atoms with van der Waals surface area (Å²) in [6, 6.07) is 14.4. The van der Waals surface area contributed by atoms with Gasteiger partial charge in [-0.1, -0.05) is 24.3 Å². The molecule has 6 rings (SSSR count). The van der Waals surface area contributed by atoms with E-state index in [0.29, 0.717) is 53.0 Å². The molecule has 3 heterocycles. The number of aromatic nitrogens is 3. The molecule has 12 heteroatoms. The molecular weight excluding hydrogens is 570 g/mol. The highest BCUT2D eigenvalue weighted by Gasteiger charge is 2.42. The number of ether oxygens (including phenoxy) is 1. The summed E-state index contributed by atoms with van der Waals surface area (Å²) < 4.78 is 33.9. The second kappa shape index (κ2) is 12.0. The molecule has 228 valence electrons. The molecule has 3 N–H and O–H groups in total. The zero-order chi connectivity index (χ0) is 30.8. The number of pyridine rings is 1. The van der Waals surface area contributed by atoms with Crippen LogP contribution in [0, 0.1) is 12.8 Å². The van der Waals surface area contributed by atoms with Crippen LogP contribution in [0.3, 0.4) is 0 Å². The lowest BCUT2D eigenvalue weighted by atomic mass is 10.0. The lowest BCUT2D eigenvalue weighted by molar-refractivity contribution is -0.120. The first-order chi connectivity index (χ1) is 21.2. The van der Waals surface area contributed by atoms with Crippen LogP contribution in [0.2, 0.25) is 0 Å². The first kappa shape index (κ1) is 29.2. The van der Waals surface area contributed by atoms with Gasteiger partial charge >= 0.3 is 6.09 Å². The summed E-state index contributed by atoms with van der Waals surface area (Å²) in [6.45, 7) is 2.76. The van der Waals surface area contributed by atoms with Gasteiger partial charge in [-0.15, -0.1) is 0 Å². The smallest absolute Gasteiger partial charge is 0.407 e. The summed E-state index contributed by atoms with van der Waals surface area (Å²) in [6.07, 6.45) is 3.27. The third-order valence-corrected chi connectivity index (χ3v) is 8.17. The molecule has 2 fully saturated rings. The molecule has 1 aliphatic heterocycles. The molecule has 10 nitrogen and oxygen atoms in total. The highest BCUT2D eigenvalue weighted by Crippen LogP contribution is 2.41. The molecule has 44 heavy (non-hydrogen) atoms. The van der Waals surface area contributed by atoms with Gasteiger partial charge in [0.15, 0.2) is 0 Å². The first-order valence-electron chi connectivity index (χ1n) is 14.6. The number of amides is 2. The van der Waals surface area contributed by atoms with E-state index < -0.39 is 30.3 Å². The molecule has 2 atom stereocenters. The van der Waals surface area contributed by atoms with Gasteiger partial charge in [0, 0.05) is 66.7 Å². The average molecular weight is 603 g/mol. The van der Waals surface area contributed by atoms with Crippen molar-refractivity contribution in [3.05, 3.63) is 66.5 Å². The maximum atomic E-state index is 13.7. The normalized spacial score (nSPS) is 19.5. The predicted octanol–water partition coefficient (Wildman–Crippen LogP) is 6.72. The Bertz CT molecular complexity index is 1720. The zero-order valence-electron chi connectivity index (χ0n) is 24.1. The van der Waals surface area contributed by atoms with Gasteiger partial charge in [-0.3, -0.25) is 4.79 Å². The average Bonchev–Trinajstić information content (AvgIpc) is 3.39. The van der Waals surface area contributed by atoms with E-state index in [1.165, 1.54) is 4.90 Å². The van der Waals surface area contributed by atoms with Crippen molar-refractivity contribution in [1.82, 2.24) is 19.9 Å². The van der Waals surface area contributed by atoms with Crippen LogP contribution >= 0.6 is 0 Å². The molecule has 4 aromatic rings. The lowest BCUT2D eigenvalue weighted by Gasteiger charge is -2.31. The molecule has 2 amide bonds. The molecule has 0 radical (unpaired) electrons. The summed E-state index contributed by atoms with van der Waals surface area (Å²) in [5.74, 6) is -2.74. The van der Waals surface area contributed by atoms with Gasteiger partial charge in [0.25, 0.3) is 0 Å². The Morgan fingerprint density at radius 1 is 1.05 bits per heavy atom. The van der Waals surface area contributed by atoms with Crippen molar-refractivity contribution in [2.24, 2.45) is 5.92 Å². The van der Waals surface area contributed by atoms with Crippen molar-refractivity contribution in [2.45, 2.75) is 51.0 Å². The highest BCUT2D eigenvalue weighted by molar-refractivity contribution is 6.05. The number of carbonyl (C=O) groups is 2. The van der Waals surface area contributed by atoms with E-state index in [9.17, 15) is 23.5 Å². The number of rotatable bonds is 7. The Morgan fingerprint density at radius 3 is 2.70 bits per heavy atom. The van der Waals surface area contributed by atoms with Gasteiger partial charge in [0.05, 0.1) is 11.3 Å². The predicted molar refractivity (Wildman–Crippen MR) is 161 cm³/mol. The largest absolute Gasteiger partial charge is 0.465 e. The second-order valence-corrected chi connectivity index (χ2v) is 11.3. The van der Waals surface area contributed by atoms with Gasteiger partial charge < -0.3 is 25.4 Å². The van der Waals surface area contributed by atoms with Crippen LogP contribution in [-0.4, -0.2) is 62.0 Å². The molecule has 2 aliphatic rings. The van der Waals surface area contributed by atoms with Gasteiger partial charge in [-0.2, -0.15) is 0 Å². The zero-order valence-corrected chi connectivity index (χ0v) is 24.1. The van der Waals surface area contributed by atoms with Crippen molar-refractivity contribution in [1.29, 1.82) is 0 Å².